The zero-order valence-electron chi connectivity index (χ0n) is 6.67. The Kier molecular flexibility index (Phi) is 1.78. The molecule has 0 bridgehead atoms. The first-order chi connectivity index (χ1) is 5.69. The predicted molar refractivity (Wildman–Crippen MR) is 53.1 cm³/mol. The third kappa shape index (κ3) is 1.02. The van der Waals surface area contributed by atoms with Crippen molar-refractivity contribution in [2.75, 3.05) is 0 Å². The van der Waals surface area contributed by atoms with Crippen LogP contribution in [0.5, 0.6) is 0 Å². The van der Waals surface area contributed by atoms with Crippen LogP contribution >= 0.6 is 27.3 Å². The second-order valence-electron chi connectivity index (χ2n) is 3.29. The van der Waals surface area contributed by atoms with E-state index in [-0.39, 0.29) is 5.41 Å². The molecule has 1 aliphatic carbocycles. The maximum Gasteiger partial charge on any atom is 0.0944 e. The third-order valence-electron chi connectivity index (χ3n) is 2.52. The van der Waals surface area contributed by atoms with Gasteiger partial charge in [0.05, 0.1) is 15.3 Å². The van der Waals surface area contributed by atoms with Crippen LogP contribution in [-0.4, -0.2) is 0 Å². The van der Waals surface area contributed by atoms with Crippen LogP contribution in [0.25, 0.3) is 0 Å². The van der Waals surface area contributed by atoms with Gasteiger partial charge in [0.1, 0.15) is 0 Å². The first-order valence-corrected chi connectivity index (χ1v) is 5.47. The Morgan fingerprint density at radius 3 is 2.75 bits per heavy atom. The molecule has 1 aliphatic rings. The van der Waals surface area contributed by atoms with Gasteiger partial charge in [-0.05, 0) is 40.4 Å². The van der Waals surface area contributed by atoms with Crippen LogP contribution in [0.3, 0.4) is 0 Å². The summed E-state index contributed by atoms with van der Waals surface area (Å²) < 4.78 is 1.12. The van der Waals surface area contributed by atoms with Crippen molar-refractivity contribution in [1.29, 1.82) is 5.26 Å². The van der Waals surface area contributed by atoms with Gasteiger partial charge in [0.15, 0.2) is 0 Å². The van der Waals surface area contributed by atoms with Gasteiger partial charge in [0.2, 0.25) is 0 Å². The maximum atomic E-state index is 9.03. The van der Waals surface area contributed by atoms with Gasteiger partial charge in [-0.1, -0.05) is 6.92 Å². The Labute approximate surface area is 84.2 Å². The van der Waals surface area contributed by atoms with E-state index in [0.717, 1.165) is 10.2 Å². The van der Waals surface area contributed by atoms with Crippen LogP contribution in [0, 0.1) is 17.2 Å². The van der Waals surface area contributed by atoms with Gasteiger partial charge in [-0.15, -0.1) is 11.3 Å². The van der Waals surface area contributed by atoms with Crippen molar-refractivity contribution in [2.24, 2.45) is 5.92 Å². The van der Waals surface area contributed by atoms with Crippen molar-refractivity contribution in [3.63, 3.8) is 0 Å². The summed E-state index contributed by atoms with van der Waals surface area (Å²) in [6, 6.07) is 6.50. The topological polar surface area (TPSA) is 23.8 Å². The molecule has 1 heterocycles. The Morgan fingerprint density at radius 1 is 1.75 bits per heavy atom. The monoisotopic (exact) mass is 241 g/mol. The first-order valence-electron chi connectivity index (χ1n) is 3.86. The molecule has 2 rings (SSSR count). The summed E-state index contributed by atoms with van der Waals surface area (Å²) in [5.74, 6) is 0.535. The van der Waals surface area contributed by atoms with Gasteiger partial charge in [0.25, 0.3) is 0 Å². The lowest BCUT2D eigenvalue weighted by atomic mass is 10.1. The number of hydrogen-bond donors (Lipinski definition) is 0. The highest BCUT2D eigenvalue weighted by molar-refractivity contribution is 9.11. The van der Waals surface area contributed by atoms with Crippen LogP contribution in [0.2, 0.25) is 0 Å². The normalized spacial score (nSPS) is 32.9. The summed E-state index contributed by atoms with van der Waals surface area (Å²) in [5.41, 5.74) is -0.142. The van der Waals surface area contributed by atoms with Crippen molar-refractivity contribution in [2.45, 2.75) is 18.8 Å². The van der Waals surface area contributed by atoms with E-state index < -0.39 is 0 Å². The summed E-state index contributed by atoms with van der Waals surface area (Å²) in [4.78, 5) is 1.21. The number of nitrogens with zero attached hydrogens (tertiary/aromatic N) is 1. The molecule has 0 spiro atoms. The fourth-order valence-corrected chi connectivity index (χ4v) is 3.18. The van der Waals surface area contributed by atoms with Crippen molar-refractivity contribution in [3.05, 3.63) is 20.8 Å². The average Bonchev–Trinajstić information content (AvgIpc) is 2.50. The molecular formula is C9H8BrNS. The van der Waals surface area contributed by atoms with E-state index in [1.54, 1.807) is 11.3 Å². The molecule has 1 aromatic heterocycles. The molecule has 0 N–H and O–H groups in total. The van der Waals surface area contributed by atoms with E-state index in [9.17, 15) is 0 Å². The molecule has 1 saturated carbocycles. The van der Waals surface area contributed by atoms with Crippen LogP contribution < -0.4 is 0 Å². The highest BCUT2D eigenvalue weighted by Gasteiger charge is 2.54. The molecule has 3 heteroatoms. The highest BCUT2D eigenvalue weighted by atomic mass is 79.9. The largest absolute Gasteiger partial charge is 0.197 e. The fraction of sp³-hybridized carbons (Fsp3) is 0.444. The smallest absolute Gasteiger partial charge is 0.0944 e. The SMILES string of the molecule is CC1CC1(C#N)c1ccc(Br)s1. The summed E-state index contributed by atoms with van der Waals surface area (Å²) >= 11 is 5.09. The van der Waals surface area contributed by atoms with Gasteiger partial charge in [-0.3, -0.25) is 0 Å². The lowest BCUT2D eigenvalue weighted by Crippen LogP contribution is -2.02. The van der Waals surface area contributed by atoms with Gasteiger partial charge >= 0.3 is 0 Å². The number of thiophene rings is 1. The van der Waals surface area contributed by atoms with E-state index in [2.05, 4.69) is 35.0 Å². The predicted octanol–water partition coefficient (Wildman–Crippen LogP) is 3.31. The molecule has 0 amide bonds. The quantitative estimate of drug-likeness (QED) is 0.741. The van der Waals surface area contributed by atoms with E-state index in [1.165, 1.54) is 4.88 Å². The Morgan fingerprint density at radius 2 is 2.42 bits per heavy atom. The third-order valence-corrected chi connectivity index (χ3v) is 4.32. The molecular weight excluding hydrogens is 234 g/mol. The number of nitriles is 1. The Bertz CT molecular complexity index is 352. The molecule has 2 unspecified atom stereocenters. The van der Waals surface area contributed by atoms with Gasteiger partial charge in [0, 0.05) is 4.88 Å². The summed E-state index contributed by atoms with van der Waals surface area (Å²) in [6.45, 7) is 2.14. The second kappa shape index (κ2) is 2.58. The average molecular weight is 242 g/mol. The molecule has 2 atom stereocenters. The molecule has 1 fully saturated rings. The second-order valence-corrected chi connectivity index (χ2v) is 5.76. The minimum Gasteiger partial charge on any atom is -0.197 e. The minimum absolute atomic E-state index is 0.142. The van der Waals surface area contributed by atoms with E-state index in [0.29, 0.717) is 5.92 Å². The van der Waals surface area contributed by atoms with Gasteiger partial charge in [-0.25, -0.2) is 0 Å². The molecule has 62 valence electrons. The molecule has 0 radical (unpaired) electrons. The van der Waals surface area contributed by atoms with Crippen molar-refractivity contribution in [3.8, 4) is 6.07 Å². The van der Waals surface area contributed by atoms with Crippen LogP contribution in [0.15, 0.2) is 15.9 Å². The summed E-state index contributed by atoms with van der Waals surface area (Å²) in [6.07, 6.45) is 1.02. The maximum absolute atomic E-state index is 9.03. The zero-order chi connectivity index (χ0) is 8.77. The van der Waals surface area contributed by atoms with Crippen LogP contribution in [0.4, 0.5) is 0 Å². The van der Waals surface area contributed by atoms with Crippen molar-refractivity contribution in [1.82, 2.24) is 0 Å². The van der Waals surface area contributed by atoms with E-state index >= 15 is 0 Å². The Hall–Kier alpha value is -0.330. The fourth-order valence-electron chi connectivity index (χ4n) is 1.53. The number of halogens is 1. The first kappa shape index (κ1) is 8.28. The highest BCUT2D eigenvalue weighted by Crippen LogP contribution is 2.55. The molecule has 0 aliphatic heterocycles. The van der Waals surface area contributed by atoms with Crippen LogP contribution in [-0.2, 0) is 5.41 Å². The molecule has 1 nitrogen and oxygen atoms in total. The number of rotatable bonds is 1. The molecule has 1 aromatic rings. The summed E-state index contributed by atoms with van der Waals surface area (Å²) in [5, 5.41) is 9.03. The molecule has 12 heavy (non-hydrogen) atoms. The van der Waals surface area contributed by atoms with E-state index in [4.69, 9.17) is 5.26 Å². The van der Waals surface area contributed by atoms with Gasteiger partial charge < -0.3 is 0 Å². The van der Waals surface area contributed by atoms with Crippen molar-refractivity contribution >= 4 is 27.3 Å². The molecule has 0 aromatic carbocycles. The lowest BCUT2D eigenvalue weighted by molar-refractivity contribution is 0.808. The minimum atomic E-state index is -0.142. The van der Waals surface area contributed by atoms with Crippen LogP contribution in [0.1, 0.15) is 18.2 Å². The number of hydrogen-bond acceptors (Lipinski definition) is 2. The lowest BCUT2D eigenvalue weighted by Gasteiger charge is -2.01. The zero-order valence-corrected chi connectivity index (χ0v) is 9.08. The summed E-state index contributed by atoms with van der Waals surface area (Å²) in [7, 11) is 0. The van der Waals surface area contributed by atoms with Gasteiger partial charge in [-0.2, -0.15) is 5.26 Å². The van der Waals surface area contributed by atoms with E-state index in [1.807, 2.05) is 6.07 Å². The standard InChI is InChI=1S/C9H8BrNS/c1-6-4-9(6,5-11)7-2-3-8(10)12-7/h2-3,6H,4H2,1H3. The Balaban J connectivity index is 2.38. The van der Waals surface area contributed by atoms with Crippen molar-refractivity contribution < 1.29 is 0 Å². The molecule has 0 saturated heterocycles.